The summed E-state index contributed by atoms with van der Waals surface area (Å²) >= 11 is 0. The molecule has 0 spiro atoms. The van der Waals surface area contributed by atoms with Gasteiger partial charge in [0, 0.05) is 13.0 Å². The molecule has 0 radical (unpaired) electrons. The van der Waals surface area contributed by atoms with Crippen molar-refractivity contribution in [1.82, 2.24) is 14.8 Å². The molecule has 1 aromatic heterocycles. The minimum Gasteiger partial charge on any atom is -0.250 e. The van der Waals surface area contributed by atoms with Crippen molar-refractivity contribution in [1.29, 1.82) is 5.26 Å². The Morgan fingerprint density at radius 2 is 2.35 bits per heavy atom. The summed E-state index contributed by atoms with van der Waals surface area (Å²) in [6, 6.07) is 2.62. The largest absolute Gasteiger partial charge is 0.250 e. The Bertz CT molecular complexity index is 471. The van der Waals surface area contributed by atoms with Crippen LogP contribution in [0.3, 0.4) is 0 Å². The van der Waals surface area contributed by atoms with Crippen molar-refractivity contribution in [2.45, 2.75) is 65.8 Å². The number of hydrogen-bond acceptors (Lipinski definition) is 3. The highest BCUT2D eigenvalue weighted by atomic mass is 15.3. The van der Waals surface area contributed by atoms with Crippen molar-refractivity contribution in [3.8, 4) is 6.07 Å². The van der Waals surface area contributed by atoms with Gasteiger partial charge in [-0.2, -0.15) is 10.4 Å². The van der Waals surface area contributed by atoms with Crippen molar-refractivity contribution < 1.29 is 0 Å². The molecule has 0 aliphatic heterocycles. The summed E-state index contributed by atoms with van der Waals surface area (Å²) in [6.45, 7) is 7.48. The van der Waals surface area contributed by atoms with Crippen molar-refractivity contribution >= 4 is 0 Å². The molecular formula is C16H26N4. The third-order valence-corrected chi connectivity index (χ3v) is 4.49. The predicted octanol–water partition coefficient (Wildman–Crippen LogP) is 3.59. The number of nitriles is 1. The first-order chi connectivity index (χ1) is 9.58. The highest BCUT2D eigenvalue weighted by Crippen LogP contribution is 2.42. The van der Waals surface area contributed by atoms with Crippen LogP contribution in [-0.2, 0) is 13.0 Å². The SMILES string of the molecule is CCC1CCCC(C#N)(Cc2ncnn2CC(C)C)C1. The highest BCUT2D eigenvalue weighted by molar-refractivity contribution is 5.07. The molecule has 110 valence electrons. The van der Waals surface area contributed by atoms with E-state index in [1.165, 1.54) is 19.3 Å². The first-order valence-corrected chi connectivity index (χ1v) is 7.86. The average Bonchev–Trinajstić information content (AvgIpc) is 2.85. The van der Waals surface area contributed by atoms with E-state index in [0.717, 1.165) is 31.6 Å². The van der Waals surface area contributed by atoms with Gasteiger partial charge in [-0.3, -0.25) is 0 Å². The Kier molecular flexibility index (Phi) is 4.80. The molecule has 1 heterocycles. The van der Waals surface area contributed by atoms with Crippen LogP contribution in [-0.4, -0.2) is 14.8 Å². The standard InChI is InChI=1S/C16H26N4/c1-4-14-6-5-7-16(8-14,11-17)9-15-18-12-19-20(15)10-13(2)3/h12-14H,4-10H2,1-3H3. The molecule has 2 rings (SSSR count). The maximum absolute atomic E-state index is 9.72. The van der Waals surface area contributed by atoms with Crippen LogP contribution in [0.25, 0.3) is 0 Å². The molecule has 1 fully saturated rings. The van der Waals surface area contributed by atoms with E-state index in [-0.39, 0.29) is 5.41 Å². The molecule has 20 heavy (non-hydrogen) atoms. The molecule has 1 aliphatic carbocycles. The van der Waals surface area contributed by atoms with E-state index in [4.69, 9.17) is 0 Å². The van der Waals surface area contributed by atoms with E-state index >= 15 is 0 Å². The maximum atomic E-state index is 9.72. The van der Waals surface area contributed by atoms with Gasteiger partial charge in [-0.15, -0.1) is 0 Å². The van der Waals surface area contributed by atoms with Gasteiger partial charge in [0.15, 0.2) is 0 Å². The average molecular weight is 274 g/mol. The van der Waals surface area contributed by atoms with Crippen LogP contribution in [0.15, 0.2) is 6.33 Å². The zero-order valence-electron chi connectivity index (χ0n) is 13.0. The van der Waals surface area contributed by atoms with Crippen LogP contribution in [0.1, 0.15) is 58.7 Å². The summed E-state index contributed by atoms with van der Waals surface area (Å²) in [4.78, 5) is 4.41. The number of aromatic nitrogens is 3. The smallest absolute Gasteiger partial charge is 0.138 e. The second kappa shape index (κ2) is 6.39. The Labute approximate surface area is 122 Å². The first kappa shape index (κ1) is 15.0. The summed E-state index contributed by atoms with van der Waals surface area (Å²) in [7, 11) is 0. The molecule has 0 bridgehead atoms. The lowest BCUT2D eigenvalue weighted by Gasteiger charge is -2.35. The van der Waals surface area contributed by atoms with E-state index in [1.807, 2.05) is 4.68 Å². The summed E-state index contributed by atoms with van der Waals surface area (Å²) in [6.07, 6.45) is 8.05. The summed E-state index contributed by atoms with van der Waals surface area (Å²) < 4.78 is 1.99. The van der Waals surface area contributed by atoms with Gasteiger partial charge in [0.05, 0.1) is 11.5 Å². The van der Waals surface area contributed by atoms with E-state index in [1.54, 1.807) is 6.33 Å². The number of nitrogens with zero attached hydrogens (tertiary/aromatic N) is 4. The van der Waals surface area contributed by atoms with Crippen molar-refractivity contribution in [3.63, 3.8) is 0 Å². The molecule has 0 amide bonds. The zero-order valence-corrected chi connectivity index (χ0v) is 13.0. The van der Waals surface area contributed by atoms with Crippen LogP contribution in [0.5, 0.6) is 0 Å². The van der Waals surface area contributed by atoms with E-state index < -0.39 is 0 Å². The van der Waals surface area contributed by atoms with Gasteiger partial charge in [-0.25, -0.2) is 9.67 Å². The molecule has 2 unspecified atom stereocenters. The van der Waals surface area contributed by atoms with Gasteiger partial charge >= 0.3 is 0 Å². The fourth-order valence-corrected chi connectivity index (χ4v) is 3.36. The molecule has 1 aromatic rings. The Balaban J connectivity index is 2.14. The Morgan fingerprint density at radius 1 is 1.55 bits per heavy atom. The fraction of sp³-hybridized carbons (Fsp3) is 0.812. The monoisotopic (exact) mass is 274 g/mol. The molecule has 0 saturated heterocycles. The number of rotatable bonds is 5. The fourth-order valence-electron chi connectivity index (χ4n) is 3.36. The van der Waals surface area contributed by atoms with Gasteiger partial charge in [-0.05, 0) is 24.7 Å². The third kappa shape index (κ3) is 3.39. The normalized spacial score (nSPS) is 26.6. The minimum atomic E-state index is -0.222. The first-order valence-electron chi connectivity index (χ1n) is 7.86. The van der Waals surface area contributed by atoms with E-state index in [2.05, 4.69) is 36.9 Å². The lowest BCUT2D eigenvalue weighted by molar-refractivity contribution is 0.188. The lowest BCUT2D eigenvalue weighted by Crippen LogP contribution is -2.31. The summed E-state index contributed by atoms with van der Waals surface area (Å²) in [5.41, 5.74) is -0.222. The summed E-state index contributed by atoms with van der Waals surface area (Å²) in [5, 5.41) is 14.0. The van der Waals surface area contributed by atoms with Crippen LogP contribution in [0.2, 0.25) is 0 Å². The van der Waals surface area contributed by atoms with Crippen LogP contribution in [0.4, 0.5) is 0 Å². The van der Waals surface area contributed by atoms with Crippen molar-refractivity contribution in [3.05, 3.63) is 12.2 Å². The van der Waals surface area contributed by atoms with Crippen molar-refractivity contribution in [2.24, 2.45) is 17.3 Å². The topological polar surface area (TPSA) is 54.5 Å². The van der Waals surface area contributed by atoms with E-state index in [0.29, 0.717) is 11.8 Å². The molecule has 4 heteroatoms. The third-order valence-electron chi connectivity index (χ3n) is 4.49. The highest BCUT2D eigenvalue weighted by Gasteiger charge is 2.37. The minimum absolute atomic E-state index is 0.222. The molecule has 0 aromatic carbocycles. The predicted molar refractivity (Wildman–Crippen MR) is 78.9 cm³/mol. The molecule has 1 saturated carbocycles. The second-order valence-corrected chi connectivity index (χ2v) is 6.69. The van der Waals surface area contributed by atoms with Crippen LogP contribution < -0.4 is 0 Å². The quantitative estimate of drug-likeness (QED) is 0.824. The maximum Gasteiger partial charge on any atom is 0.138 e. The van der Waals surface area contributed by atoms with Gasteiger partial charge in [0.1, 0.15) is 12.2 Å². The van der Waals surface area contributed by atoms with Gasteiger partial charge in [-0.1, -0.05) is 40.0 Å². The molecule has 4 nitrogen and oxygen atoms in total. The van der Waals surface area contributed by atoms with Gasteiger partial charge in [0.2, 0.25) is 0 Å². The number of hydrogen-bond donors (Lipinski definition) is 0. The molecular weight excluding hydrogens is 248 g/mol. The summed E-state index contributed by atoms with van der Waals surface area (Å²) in [5.74, 6) is 2.23. The second-order valence-electron chi connectivity index (χ2n) is 6.69. The Hall–Kier alpha value is -1.37. The van der Waals surface area contributed by atoms with Gasteiger partial charge in [0.25, 0.3) is 0 Å². The molecule has 1 aliphatic rings. The van der Waals surface area contributed by atoms with E-state index in [9.17, 15) is 5.26 Å². The Morgan fingerprint density at radius 3 is 3.00 bits per heavy atom. The molecule has 2 atom stereocenters. The van der Waals surface area contributed by atoms with Crippen LogP contribution in [0, 0.1) is 28.6 Å². The molecule has 0 N–H and O–H groups in total. The van der Waals surface area contributed by atoms with Crippen molar-refractivity contribution in [2.75, 3.05) is 0 Å². The van der Waals surface area contributed by atoms with Crippen LogP contribution >= 0.6 is 0 Å². The zero-order chi connectivity index (χ0) is 14.6. The lowest BCUT2D eigenvalue weighted by atomic mass is 9.68. The van der Waals surface area contributed by atoms with Gasteiger partial charge < -0.3 is 0 Å².